The third-order valence-electron chi connectivity index (χ3n) is 4.27. The van der Waals surface area contributed by atoms with Gasteiger partial charge in [0.1, 0.15) is 12.4 Å². The number of carbonyl (C=O) groups excluding carboxylic acids is 1. The molecule has 0 radical (unpaired) electrons. The molecule has 24 heavy (non-hydrogen) atoms. The molecule has 3 nitrogen and oxygen atoms in total. The summed E-state index contributed by atoms with van der Waals surface area (Å²) in [7, 11) is 0. The molecule has 1 heterocycles. The Bertz CT molecular complexity index is 704. The standard InChI is InChI=1S/C21H23NO2/c1-17(15-22-14-6-5-9-21(22)23)19-10-12-20(13-11-19)24-16-18-7-3-2-4-8-18/h2-4,7-8,10-13,15H,5-6,9,14,16H2,1H3/b17-15+. The van der Waals surface area contributed by atoms with Crippen LogP contribution in [0.1, 0.15) is 37.3 Å². The molecule has 0 atom stereocenters. The summed E-state index contributed by atoms with van der Waals surface area (Å²) in [4.78, 5) is 13.7. The number of carbonyl (C=O) groups is 1. The Labute approximate surface area is 143 Å². The molecule has 2 aromatic carbocycles. The van der Waals surface area contributed by atoms with Crippen LogP contribution in [0.15, 0.2) is 60.8 Å². The predicted molar refractivity (Wildman–Crippen MR) is 96.4 cm³/mol. The Balaban J connectivity index is 1.62. The fourth-order valence-electron chi connectivity index (χ4n) is 2.83. The van der Waals surface area contributed by atoms with Gasteiger partial charge >= 0.3 is 0 Å². The van der Waals surface area contributed by atoms with Gasteiger partial charge in [-0.05, 0) is 48.6 Å². The van der Waals surface area contributed by atoms with Crippen molar-refractivity contribution in [2.24, 2.45) is 0 Å². The zero-order valence-electron chi connectivity index (χ0n) is 14.1. The van der Waals surface area contributed by atoms with E-state index < -0.39 is 0 Å². The van der Waals surface area contributed by atoms with Gasteiger partial charge in [0.15, 0.2) is 0 Å². The van der Waals surface area contributed by atoms with Crippen molar-refractivity contribution in [2.45, 2.75) is 32.8 Å². The summed E-state index contributed by atoms with van der Waals surface area (Å²) in [6.45, 7) is 3.44. The van der Waals surface area contributed by atoms with E-state index in [1.54, 1.807) is 0 Å². The number of ether oxygens (including phenoxy) is 1. The number of hydrogen-bond acceptors (Lipinski definition) is 2. The maximum absolute atomic E-state index is 11.9. The lowest BCUT2D eigenvalue weighted by atomic mass is 10.1. The Morgan fingerprint density at radius 3 is 2.54 bits per heavy atom. The molecule has 3 heteroatoms. The smallest absolute Gasteiger partial charge is 0.226 e. The van der Waals surface area contributed by atoms with Crippen molar-refractivity contribution < 1.29 is 9.53 Å². The highest BCUT2D eigenvalue weighted by molar-refractivity contribution is 5.80. The molecule has 0 bridgehead atoms. The van der Waals surface area contributed by atoms with Crippen molar-refractivity contribution in [1.82, 2.24) is 4.90 Å². The Morgan fingerprint density at radius 1 is 1.08 bits per heavy atom. The number of hydrogen-bond donors (Lipinski definition) is 0. The summed E-state index contributed by atoms with van der Waals surface area (Å²) in [6.07, 6.45) is 4.73. The third kappa shape index (κ3) is 4.25. The van der Waals surface area contributed by atoms with Gasteiger partial charge < -0.3 is 9.64 Å². The van der Waals surface area contributed by atoms with Crippen molar-refractivity contribution in [2.75, 3.05) is 6.54 Å². The second-order valence-corrected chi connectivity index (χ2v) is 6.16. The SMILES string of the molecule is C/C(=C\N1CCCCC1=O)c1ccc(OCc2ccccc2)cc1. The van der Waals surface area contributed by atoms with E-state index in [-0.39, 0.29) is 5.91 Å². The number of allylic oxidation sites excluding steroid dienone is 1. The van der Waals surface area contributed by atoms with Crippen LogP contribution in [-0.2, 0) is 11.4 Å². The number of rotatable bonds is 5. The average molecular weight is 321 g/mol. The molecule has 124 valence electrons. The van der Waals surface area contributed by atoms with E-state index in [1.165, 1.54) is 0 Å². The van der Waals surface area contributed by atoms with E-state index >= 15 is 0 Å². The van der Waals surface area contributed by atoms with Crippen LogP contribution in [0, 0.1) is 0 Å². The van der Waals surface area contributed by atoms with Gasteiger partial charge in [-0.2, -0.15) is 0 Å². The van der Waals surface area contributed by atoms with Gasteiger partial charge in [0.05, 0.1) is 0 Å². The molecule has 0 aliphatic carbocycles. The first-order valence-electron chi connectivity index (χ1n) is 8.47. The predicted octanol–water partition coefficient (Wildman–Crippen LogP) is 4.64. The molecule has 0 saturated carbocycles. The zero-order valence-corrected chi connectivity index (χ0v) is 14.1. The van der Waals surface area contributed by atoms with Gasteiger partial charge in [0, 0.05) is 19.2 Å². The van der Waals surface area contributed by atoms with Gasteiger partial charge in [-0.25, -0.2) is 0 Å². The quantitative estimate of drug-likeness (QED) is 0.803. The summed E-state index contributed by atoms with van der Waals surface area (Å²) in [5.74, 6) is 1.08. The van der Waals surface area contributed by atoms with Crippen LogP contribution in [0.4, 0.5) is 0 Å². The molecule has 0 unspecified atom stereocenters. The lowest BCUT2D eigenvalue weighted by Crippen LogP contribution is -2.30. The van der Waals surface area contributed by atoms with E-state index in [9.17, 15) is 4.79 Å². The first-order valence-corrected chi connectivity index (χ1v) is 8.47. The first-order chi connectivity index (χ1) is 11.7. The van der Waals surface area contributed by atoms with Crippen LogP contribution in [0.25, 0.3) is 5.57 Å². The molecule has 0 aromatic heterocycles. The van der Waals surface area contributed by atoms with Crippen LogP contribution in [-0.4, -0.2) is 17.4 Å². The van der Waals surface area contributed by atoms with E-state index in [0.717, 1.165) is 41.8 Å². The second-order valence-electron chi connectivity index (χ2n) is 6.16. The molecule has 1 fully saturated rings. The van der Waals surface area contributed by atoms with Crippen LogP contribution in [0.2, 0.25) is 0 Å². The summed E-state index contributed by atoms with van der Waals surface area (Å²) < 4.78 is 5.81. The summed E-state index contributed by atoms with van der Waals surface area (Å²) in [5, 5.41) is 0. The fraction of sp³-hybridized carbons (Fsp3) is 0.286. The molecular formula is C21H23NO2. The van der Waals surface area contributed by atoms with Crippen molar-refractivity contribution >= 4 is 11.5 Å². The van der Waals surface area contributed by atoms with Crippen LogP contribution in [0.5, 0.6) is 5.75 Å². The molecule has 1 aliphatic rings. The van der Waals surface area contributed by atoms with Gasteiger partial charge in [-0.3, -0.25) is 4.79 Å². The molecular weight excluding hydrogens is 298 g/mol. The Morgan fingerprint density at radius 2 is 1.83 bits per heavy atom. The van der Waals surface area contributed by atoms with Gasteiger partial charge in [0.25, 0.3) is 0 Å². The zero-order chi connectivity index (χ0) is 16.8. The van der Waals surface area contributed by atoms with Crippen LogP contribution < -0.4 is 4.74 Å². The maximum atomic E-state index is 11.9. The maximum Gasteiger partial charge on any atom is 0.226 e. The molecule has 1 aliphatic heterocycles. The molecule has 3 rings (SSSR count). The van der Waals surface area contributed by atoms with Gasteiger partial charge in [-0.1, -0.05) is 42.5 Å². The molecule has 1 amide bonds. The summed E-state index contributed by atoms with van der Waals surface area (Å²) >= 11 is 0. The van der Waals surface area contributed by atoms with Crippen molar-refractivity contribution in [3.8, 4) is 5.75 Å². The highest BCUT2D eigenvalue weighted by atomic mass is 16.5. The minimum absolute atomic E-state index is 0.225. The average Bonchev–Trinajstić information content (AvgIpc) is 2.63. The monoisotopic (exact) mass is 321 g/mol. The van der Waals surface area contributed by atoms with Crippen molar-refractivity contribution in [1.29, 1.82) is 0 Å². The molecule has 0 N–H and O–H groups in total. The minimum Gasteiger partial charge on any atom is -0.489 e. The highest BCUT2D eigenvalue weighted by Crippen LogP contribution is 2.21. The van der Waals surface area contributed by atoms with E-state index in [2.05, 4.69) is 12.1 Å². The second kappa shape index (κ2) is 7.82. The molecule has 1 saturated heterocycles. The highest BCUT2D eigenvalue weighted by Gasteiger charge is 2.16. The molecule has 2 aromatic rings. The van der Waals surface area contributed by atoms with Crippen molar-refractivity contribution in [3.05, 3.63) is 71.9 Å². The Kier molecular flexibility index (Phi) is 5.32. The normalized spacial score (nSPS) is 15.5. The fourth-order valence-corrected chi connectivity index (χ4v) is 2.83. The number of nitrogens with zero attached hydrogens (tertiary/aromatic N) is 1. The van der Waals surface area contributed by atoms with Crippen LogP contribution >= 0.6 is 0 Å². The number of amides is 1. The van der Waals surface area contributed by atoms with Gasteiger partial charge in [0.2, 0.25) is 5.91 Å². The van der Waals surface area contributed by atoms with E-state index in [1.807, 2.05) is 60.5 Å². The number of benzene rings is 2. The molecule has 0 spiro atoms. The lowest BCUT2D eigenvalue weighted by Gasteiger charge is -2.24. The number of likely N-dealkylation sites (tertiary alicyclic amines) is 1. The third-order valence-corrected chi connectivity index (χ3v) is 4.27. The largest absolute Gasteiger partial charge is 0.489 e. The first kappa shape index (κ1) is 16.3. The van der Waals surface area contributed by atoms with E-state index in [4.69, 9.17) is 4.74 Å². The number of piperidine rings is 1. The lowest BCUT2D eigenvalue weighted by molar-refractivity contribution is -0.130. The van der Waals surface area contributed by atoms with Crippen molar-refractivity contribution in [3.63, 3.8) is 0 Å². The van der Waals surface area contributed by atoms with Gasteiger partial charge in [-0.15, -0.1) is 0 Å². The minimum atomic E-state index is 0.225. The topological polar surface area (TPSA) is 29.5 Å². The van der Waals surface area contributed by atoms with E-state index in [0.29, 0.717) is 13.0 Å². The summed E-state index contributed by atoms with van der Waals surface area (Å²) in [5.41, 5.74) is 3.36. The van der Waals surface area contributed by atoms with Crippen LogP contribution in [0.3, 0.4) is 0 Å². The Hall–Kier alpha value is -2.55. The summed E-state index contributed by atoms with van der Waals surface area (Å²) in [6, 6.07) is 18.2.